The molecule has 8 heteroatoms. The van der Waals surface area contributed by atoms with Gasteiger partial charge in [-0.15, -0.1) is 0 Å². The van der Waals surface area contributed by atoms with Crippen molar-refractivity contribution < 1.29 is 33.7 Å². The minimum Gasteiger partial charge on any atom is -0.497 e. The normalized spacial score (nSPS) is 12.7. The lowest BCUT2D eigenvalue weighted by Gasteiger charge is -2.33. The van der Waals surface area contributed by atoms with Gasteiger partial charge in [-0.1, -0.05) is 60.7 Å². The number of fused-ring (bicyclic) bond motifs is 3. The van der Waals surface area contributed by atoms with Crippen LogP contribution in [0.3, 0.4) is 0 Å². The van der Waals surface area contributed by atoms with E-state index < -0.39 is 24.5 Å². The highest BCUT2D eigenvalue weighted by Crippen LogP contribution is 2.47. The highest BCUT2D eigenvalue weighted by molar-refractivity contribution is 5.96. The summed E-state index contributed by atoms with van der Waals surface area (Å²) in [5.41, 5.74) is 5.25. The summed E-state index contributed by atoms with van der Waals surface area (Å²) in [6.07, 6.45) is 0. The number of hydrogen-bond acceptors (Lipinski definition) is 6. The molecule has 8 nitrogen and oxygen atoms in total. The zero-order valence-corrected chi connectivity index (χ0v) is 22.4. The molecule has 40 heavy (non-hydrogen) atoms. The SMILES string of the molecule is COc1ccc([C@H](c2ccc(OCC(=O)O)cc2)N(OC)C(=O)C2c3ccccc3-c3ccccc32)c(OC)c1. The quantitative estimate of drug-likeness (QED) is 0.268. The maximum Gasteiger partial charge on any atom is 0.341 e. The van der Waals surface area contributed by atoms with E-state index >= 15 is 0 Å². The second kappa shape index (κ2) is 11.5. The van der Waals surface area contributed by atoms with Crippen LogP contribution in [0.15, 0.2) is 91.0 Å². The number of carbonyl (C=O) groups is 2. The van der Waals surface area contributed by atoms with Gasteiger partial charge in [0, 0.05) is 11.6 Å². The molecule has 0 spiro atoms. The van der Waals surface area contributed by atoms with Crippen molar-refractivity contribution in [3.63, 3.8) is 0 Å². The summed E-state index contributed by atoms with van der Waals surface area (Å²) >= 11 is 0. The summed E-state index contributed by atoms with van der Waals surface area (Å²) in [6.45, 7) is -0.460. The van der Waals surface area contributed by atoms with Crippen molar-refractivity contribution in [1.29, 1.82) is 0 Å². The molecule has 0 radical (unpaired) electrons. The molecule has 5 rings (SSSR count). The third kappa shape index (κ3) is 4.97. The van der Waals surface area contributed by atoms with Crippen molar-refractivity contribution in [3.8, 4) is 28.4 Å². The molecule has 1 amide bonds. The molecule has 1 atom stereocenters. The minimum absolute atomic E-state index is 0.242. The molecule has 0 unspecified atom stereocenters. The molecule has 1 aliphatic rings. The van der Waals surface area contributed by atoms with Crippen molar-refractivity contribution in [2.45, 2.75) is 12.0 Å². The highest BCUT2D eigenvalue weighted by Gasteiger charge is 2.40. The fourth-order valence-corrected chi connectivity index (χ4v) is 5.25. The average molecular weight is 540 g/mol. The maximum atomic E-state index is 14.5. The van der Waals surface area contributed by atoms with Crippen molar-refractivity contribution >= 4 is 11.9 Å². The molecule has 0 heterocycles. The molecule has 0 aromatic heterocycles. The first-order chi connectivity index (χ1) is 19.5. The Morgan fingerprint density at radius 2 is 1.40 bits per heavy atom. The summed E-state index contributed by atoms with van der Waals surface area (Å²) in [5.74, 6) is -0.381. The van der Waals surface area contributed by atoms with E-state index in [9.17, 15) is 9.59 Å². The molecule has 0 fully saturated rings. The van der Waals surface area contributed by atoms with Crippen LogP contribution in [0.1, 0.15) is 34.2 Å². The number of aliphatic carboxylic acids is 1. The summed E-state index contributed by atoms with van der Waals surface area (Å²) < 4.78 is 16.4. The topological polar surface area (TPSA) is 94.5 Å². The Kier molecular flexibility index (Phi) is 7.70. The van der Waals surface area contributed by atoms with Crippen LogP contribution in [0.25, 0.3) is 11.1 Å². The molecule has 0 saturated heterocycles. The van der Waals surface area contributed by atoms with Crippen molar-refractivity contribution in [2.24, 2.45) is 0 Å². The number of methoxy groups -OCH3 is 2. The van der Waals surface area contributed by atoms with Gasteiger partial charge < -0.3 is 19.3 Å². The molecule has 4 aromatic rings. The summed E-state index contributed by atoms with van der Waals surface area (Å²) in [5, 5.41) is 10.3. The standard InChI is InChI=1S/C32H29NO7/c1-37-22-16-17-27(28(18-22)38-2)31(20-12-14-21(15-13-20)40-19-29(34)35)33(39-3)32(36)30-25-10-6-4-8-23(25)24-9-5-7-11-26(24)30/h4-18,30-31H,19H2,1-3H3,(H,34,35)/t31-/m0/s1. The Morgan fingerprint density at radius 3 is 1.95 bits per heavy atom. The molecule has 0 aliphatic heterocycles. The van der Waals surface area contributed by atoms with Gasteiger partial charge in [0.05, 0.1) is 27.2 Å². The number of carboxylic acids is 1. The number of ether oxygens (including phenoxy) is 3. The number of amides is 1. The van der Waals surface area contributed by atoms with E-state index in [-0.39, 0.29) is 5.91 Å². The summed E-state index contributed by atoms with van der Waals surface area (Å²) in [7, 11) is 4.60. The zero-order valence-electron chi connectivity index (χ0n) is 22.4. The second-order valence-electron chi connectivity index (χ2n) is 9.22. The number of nitrogens with zero attached hydrogens (tertiary/aromatic N) is 1. The second-order valence-corrected chi connectivity index (χ2v) is 9.22. The lowest BCUT2D eigenvalue weighted by atomic mass is 9.92. The molecule has 1 aliphatic carbocycles. The monoisotopic (exact) mass is 539 g/mol. The van der Waals surface area contributed by atoms with Crippen molar-refractivity contribution in [3.05, 3.63) is 113 Å². The number of benzene rings is 4. The van der Waals surface area contributed by atoms with Gasteiger partial charge in [-0.25, -0.2) is 9.86 Å². The molecule has 1 N–H and O–H groups in total. The zero-order chi connectivity index (χ0) is 28.2. The molecule has 0 bridgehead atoms. The third-order valence-corrected chi connectivity index (χ3v) is 7.02. The summed E-state index contributed by atoms with van der Waals surface area (Å²) in [4.78, 5) is 31.3. The molecule has 204 valence electrons. The summed E-state index contributed by atoms with van der Waals surface area (Å²) in [6, 6.07) is 27.4. The van der Waals surface area contributed by atoms with Gasteiger partial charge in [0.1, 0.15) is 23.3 Å². The minimum atomic E-state index is -1.07. The Morgan fingerprint density at radius 1 is 0.800 bits per heavy atom. The Bertz CT molecular complexity index is 1490. The van der Waals surface area contributed by atoms with Gasteiger partial charge in [0.15, 0.2) is 6.61 Å². The van der Waals surface area contributed by atoms with E-state index in [4.69, 9.17) is 24.2 Å². The predicted molar refractivity (Wildman–Crippen MR) is 149 cm³/mol. The molecule has 4 aromatic carbocycles. The van der Waals surface area contributed by atoms with E-state index in [0.717, 1.165) is 22.3 Å². The van der Waals surface area contributed by atoms with Crippen LogP contribution >= 0.6 is 0 Å². The van der Waals surface area contributed by atoms with E-state index in [1.807, 2.05) is 54.6 Å². The van der Waals surface area contributed by atoms with Crippen LogP contribution in [-0.4, -0.2) is 50.0 Å². The first-order valence-electron chi connectivity index (χ1n) is 12.7. The molecule has 0 saturated carbocycles. The number of carboxylic acid groups (broad SMARTS) is 1. The number of rotatable bonds is 10. The van der Waals surface area contributed by atoms with Crippen LogP contribution in [0.5, 0.6) is 17.2 Å². The van der Waals surface area contributed by atoms with Gasteiger partial charge in [-0.2, -0.15) is 0 Å². The smallest absolute Gasteiger partial charge is 0.341 e. The fraction of sp³-hybridized carbons (Fsp3) is 0.188. The van der Waals surface area contributed by atoms with E-state index in [2.05, 4.69) is 0 Å². The molecular weight excluding hydrogens is 510 g/mol. The lowest BCUT2D eigenvalue weighted by Crippen LogP contribution is -2.38. The Labute approximate surface area is 232 Å². The van der Waals surface area contributed by atoms with E-state index in [1.54, 1.807) is 50.6 Å². The number of hydroxylamine groups is 2. The lowest BCUT2D eigenvalue weighted by molar-refractivity contribution is -0.186. The average Bonchev–Trinajstić information content (AvgIpc) is 3.33. The number of carbonyl (C=O) groups excluding carboxylic acids is 1. The first-order valence-corrected chi connectivity index (χ1v) is 12.7. The first kappa shape index (κ1) is 26.8. The van der Waals surface area contributed by atoms with Crippen LogP contribution in [-0.2, 0) is 14.4 Å². The van der Waals surface area contributed by atoms with Gasteiger partial charge in [0.25, 0.3) is 5.91 Å². The van der Waals surface area contributed by atoms with Gasteiger partial charge in [-0.05, 0) is 52.1 Å². The highest BCUT2D eigenvalue weighted by atomic mass is 16.7. The Balaban J connectivity index is 1.61. The fourth-order valence-electron chi connectivity index (χ4n) is 5.25. The maximum absolute atomic E-state index is 14.5. The van der Waals surface area contributed by atoms with Gasteiger partial charge >= 0.3 is 5.97 Å². The van der Waals surface area contributed by atoms with E-state index in [0.29, 0.717) is 28.4 Å². The van der Waals surface area contributed by atoms with E-state index in [1.165, 1.54) is 12.2 Å². The van der Waals surface area contributed by atoms with Crippen LogP contribution < -0.4 is 14.2 Å². The number of hydrogen-bond donors (Lipinski definition) is 1. The largest absolute Gasteiger partial charge is 0.497 e. The Hall–Kier alpha value is -4.82. The van der Waals surface area contributed by atoms with Crippen LogP contribution in [0.2, 0.25) is 0 Å². The van der Waals surface area contributed by atoms with Gasteiger partial charge in [0.2, 0.25) is 0 Å². The van der Waals surface area contributed by atoms with Crippen molar-refractivity contribution in [2.75, 3.05) is 27.9 Å². The van der Waals surface area contributed by atoms with Gasteiger partial charge in [-0.3, -0.25) is 9.63 Å². The van der Waals surface area contributed by atoms with Crippen LogP contribution in [0.4, 0.5) is 0 Å². The van der Waals surface area contributed by atoms with Crippen molar-refractivity contribution in [1.82, 2.24) is 5.06 Å². The molecular formula is C32H29NO7. The third-order valence-electron chi connectivity index (χ3n) is 7.02. The predicted octanol–water partition coefficient (Wildman–Crippen LogP) is 5.46. The van der Waals surface area contributed by atoms with Crippen LogP contribution in [0, 0.1) is 0 Å².